The molecule has 1 aromatic carbocycles. The fraction of sp³-hybridized carbons (Fsp3) is 0.407. The summed E-state index contributed by atoms with van der Waals surface area (Å²) in [5, 5.41) is 9.01. The maximum absolute atomic E-state index is 12.4. The number of hydrogen-bond acceptors (Lipinski definition) is 6. The second kappa shape index (κ2) is 14.7. The van der Waals surface area contributed by atoms with Crippen molar-refractivity contribution in [2.75, 3.05) is 19.9 Å². The normalized spacial score (nSPS) is 19.3. The second-order valence-electron chi connectivity index (χ2n) is 8.08. The van der Waals surface area contributed by atoms with Gasteiger partial charge in [-0.25, -0.2) is 9.18 Å². The van der Waals surface area contributed by atoms with Gasteiger partial charge in [0.05, 0.1) is 35.6 Å². The summed E-state index contributed by atoms with van der Waals surface area (Å²) in [7, 11) is 0. The van der Waals surface area contributed by atoms with Crippen molar-refractivity contribution in [1.29, 1.82) is 5.26 Å². The zero-order valence-corrected chi connectivity index (χ0v) is 19.7. The molecule has 7 heteroatoms. The van der Waals surface area contributed by atoms with Gasteiger partial charge in [-0.3, -0.25) is 0 Å². The summed E-state index contributed by atoms with van der Waals surface area (Å²) in [6.45, 7) is 5.51. The van der Waals surface area contributed by atoms with Crippen molar-refractivity contribution >= 4 is 5.97 Å². The molecular weight excluding hydrogens is 435 g/mol. The Labute approximate surface area is 201 Å². The summed E-state index contributed by atoms with van der Waals surface area (Å²) in [6.07, 6.45) is 10.0. The van der Waals surface area contributed by atoms with Crippen molar-refractivity contribution in [3.05, 3.63) is 83.3 Å². The van der Waals surface area contributed by atoms with Crippen LogP contribution in [0.25, 0.3) is 0 Å². The number of alkyl halides is 1. The number of nitrogens with zero attached hydrogens (tertiary/aromatic N) is 1. The lowest BCUT2D eigenvalue weighted by molar-refractivity contribution is -0.0251. The Morgan fingerprint density at radius 2 is 2.09 bits per heavy atom. The zero-order valence-electron chi connectivity index (χ0n) is 19.7. The number of ether oxygens (including phenoxy) is 3. The van der Waals surface area contributed by atoms with Crippen LogP contribution in [0.4, 0.5) is 4.39 Å². The highest BCUT2D eigenvalue weighted by molar-refractivity contribution is 5.89. The van der Waals surface area contributed by atoms with E-state index in [9.17, 15) is 9.18 Å². The number of nitriles is 1. The van der Waals surface area contributed by atoms with Crippen molar-refractivity contribution in [1.82, 2.24) is 0 Å². The second-order valence-corrected chi connectivity index (χ2v) is 8.08. The zero-order chi connectivity index (χ0) is 24.8. The molecule has 1 fully saturated rings. The van der Waals surface area contributed by atoms with Gasteiger partial charge < -0.3 is 19.9 Å². The van der Waals surface area contributed by atoms with Crippen LogP contribution in [0.1, 0.15) is 54.9 Å². The summed E-state index contributed by atoms with van der Waals surface area (Å²) >= 11 is 0. The predicted octanol–water partition coefficient (Wildman–Crippen LogP) is 5.28. The average molecular weight is 469 g/mol. The van der Waals surface area contributed by atoms with Crippen molar-refractivity contribution in [3.63, 3.8) is 0 Å². The highest BCUT2D eigenvalue weighted by atomic mass is 19.1. The third kappa shape index (κ3) is 9.24. The molecule has 0 spiro atoms. The Balaban J connectivity index is 1.83. The van der Waals surface area contributed by atoms with E-state index in [1.807, 2.05) is 12.1 Å². The molecule has 0 amide bonds. The van der Waals surface area contributed by atoms with Crippen LogP contribution in [0.3, 0.4) is 0 Å². The lowest BCUT2D eigenvalue weighted by Gasteiger charge is -2.29. The highest BCUT2D eigenvalue weighted by Gasteiger charge is 2.26. The van der Waals surface area contributed by atoms with Gasteiger partial charge in [-0.2, -0.15) is 5.26 Å². The Kier molecular flexibility index (Phi) is 11.6. The first-order chi connectivity index (χ1) is 16.5. The van der Waals surface area contributed by atoms with Crippen LogP contribution in [0.5, 0.6) is 0 Å². The third-order valence-electron chi connectivity index (χ3n) is 5.47. The summed E-state index contributed by atoms with van der Waals surface area (Å²) in [4.78, 5) is 12.4. The van der Waals surface area contributed by atoms with Crippen molar-refractivity contribution in [2.45, 2.75) is 51.2 Å². The molecule has 1 aliphatic carbocycles. The van der Waals surface area contributed by atoms with Gasteiger partial charge in [-0.1, -0.05) is 36.9 Å². The van der Waals surface area contributed by atoms with Gasteiger partial charge in [-0.05, 0) is 56.4 Å². The van der Waals surface area contributed by atoms with E-state index in [2.05, 4.69) is 6.58 Å². The number of esters is 1. The molecule has 0 radical (unpaired) electrons. The predicted molar refractivity (Wildman–Crippen MR) is 129 cm³/mol. The molecule has 1 aromatic rings. The fourth-order valence-corrected chi connectivity index (χ4v) is 3.54. The Hall–Kier alpha value is -3.37. The molecule has 0 saturated heterocycles. The van der Waals surface area contributed by atoms with E-state index in [1.54, 1.807) is 37.3 Å². The van der Waals surface area contributed by atoms with Crippen molar-refractivity contribution in [3.8, 4) is 6.07 Å². The summed E-state index contributed by atoms with van der Waals surface area (Å²) in [5.41, 5.74) is 8.38. The summed E-state index contributed by atoms with van der Waals surface area (Å²) in [5.74, 6) is 0.136. The van der Waals surface area contributed by atoms with Crippen LogP contribution >= 0.6 is 0 Å². The molecule has 0 heterocycles. The van der Waals surface area contributed by atoms with Crippen LogP contribution in [0.15, 0.2) is 72.2 Å². The van der Waals surface area contributed by atoms with Gasteiger partial charge in [0, 0.05) is 6.42 Å². The number of allylic oxidation sites excluding steroid dienone is 5. The SMILES string of the molecule is C=C/C=C(\C/C=C\CF)CO/C(C)=C(\N)COC1CCCC(OC(=O)c2cccc(C#N)c2)C1. The Morgan fingerprint density at radius 1 is 1.29 bits per heavy atom. The van der Waals surface area contributed by atoms with E-state index in [0.29, 0.717) is 42.0 Å². The van der Waals surface area contributed by atoms with Gasteiger partial charge in [-0.15, -0.1) is 0 Å². The fourth-order valence-electron chi connectivity index (χ4n) is 3.54. The molecule has 182 valence electrons. The smallest absolute Gasteiger partial charge is 0.338 e. The first kappa shape index (κ1) is 26.9. The first-order valence-corrected chi connectivity index (χ1v) is 11.4. The molecule has 6 nitrogen and oxygen atoms in total. The molecule has 34 heavy (non-hydrogen) atoms. The molecule has 2 atom stereocenters. The number of carbonyl (C=O) groups is 1. The molecule has 2 unspecified atom stereocenters. The third-order valence-corrected chi connectivity index (χ3v) is 5.47. The van der Waals surface area contributed by atoms with Crippen LogP contribution < -0.4 is 5.73 Å². The number of nitrogens with two attached hydrogens (primary N) is 1. The van der Waals surface area contributed by atoms with Crippen LogP contribution in [-0.2, 0) is 14.2 Å². The Bertz CT molecular complexity index is 962. The summed E-state index contributed by atoms with van der Waals surface area (Å²) < 4.78 is 29.6. The molecule has 1 saturated carbocycles. The molecule has 0 aromatic heterocycles. The van der Waals surface area contributed by atoms with Gasteiger partial charge in [0.15, 0.2) is 0 Å². The average Bonchev–Trinajstić information content (AvgIpc) is 2.86. The lowest BCUT2D eigenvalue weighted by Crippen LogP contribution is -2.31. The van der Waals surface area contributed by atoms with E-state index >= 15 is 0 Å². The van der Waals surface area contributed by atoms with Crippen LogP contribution in [-0.4, -0.2) is 38.1 Å². The molecule has 2 N–H and O–H groups in total. The largest absolute Gasteiger partial charge is 0.492 e. The van der Waals surface area contributed by atoms with E-state index in [0.717, 1.165) is 24.8 Å². The minimum absolute atomic E-state index is 0.0783. The molecule has 0 bridgehead atoms. The van der Waals surface area contributed by atoms with E-state index in [4.69, 9.17) is 25.2 Å². The van der Waals surface area contributed by atoms with E-state index in [1.165, 1.54) is 12.1 Å². The van der Waals surface area contributed by atoms with Crippen molar-refractivity contribution < 1.29 is 23.4 Å². The van der Waals surface area contributed by atoms with Gasteiger partial charge >= 0.3 is 5.97 Å². The number of benzene rings is 1. The lowest BCUT2D eigenvalue weighted by atomic mass is 9.94. The van der Waals surface area contributed by atoms with Gasteiger partial charge in [0.25, 0.3) is 0 Å². The maximum atomic E-state index is 12.4. The number of carbonyl (C=O) groups excluding carboxylic acids is 1. The molecular formula is C27H33FN2O4. The van der Waals surface area contributed by atoms with E-state index < -0.39 is 12.6 Å². The molecule has 2 rings (SSSR count). The standard InChI is InChI=1S/C27H33FN2O4/c1-3-8-21(9-4-5-14-28)18-32-20(2)26(30)19-33-24-12-7-13-25(16-24)34-27(31)23-11-6-10-22(15-23)17-29/h3-6,8,10-11,15,24-25H,1,7,9,12-14,16,18-19,30H2,2H3/b5-4-,21-8+,26-20-. The minimum Gasteiger partial charge on any atom is -0.492 e. The van der Waals surface area contributed by atoms with Crippen LogP contribution in [0, 0.1) is 11.3 Å². The monoisotopic (exact) mass is 468 g/mol. The maximum Gasteiger partial charge on any atom is 0.338 e. The van der Waals surface area contributed by atoms with Gasteiger partial charge in [0.1, 0.15) is 25.1 Å². The topological polar surface area (TPSA) is 94.6 Å². The Morgan fingerprint density at radius 3 is 2.82 bits per heavy atom. The number of halogens is 1. The highest BCUT2D eigenvalue weighted by Crippen LogP contribution is 2.25. The quantitative estimate of drug-likeness (QED) is 0.194. The minimum atomic E-state index is -0.499. The number of hydrogen-bond donors (Lipinski definition) is 1. The van der Waals surface area contributed by atoms with Crippen molar-refractivity contribution in [2.24, 2.45) is 5.73 Å². The van der Waals surface area contributed by atoms with Crippen LogP contribution in [0.2, 0.25) is 0 Å². The van der Waals surface area contributed by atoms with Gasteiger partial charge in [0.2, 0.25) is 0 Å². The molecule has 1 aliphatic rings. The summed E-state index contributed by atoms with van der Waals surface area (Å²) in [6, 6.07) is 8.50. The van der Waals surface area contributed by atoms with E-state index in [-0.39, 0.29) is 18.8 Å². The molecule has 0 aliphatic heterocycles. The first-order valence-electron chi connectivity index (χ1n) is 11.4. The number of rotatable bonds is 12.